The van der Waals surface area contributed by atoms with E-state index in [-0.39, 0.29) is 12.5 Å². The second kappa shape index (κ2) is 5.15. The highest BCUT2D eigenvalue weighted by atomic mass is 31.2. The number of aromatic nitrogens is 2. The molecule has 0 amide bonds. The Kier molecular flexibility index (Phi) is 3.73. The molecule has 0 saturated heterocycles. The maximum Gasteiger partial charge on any atom is 0.377 e. The number of fused-ring (bicyclic) bond motifs is 1. The van der Waals surface area contributed by atoms with Crippen molar-refractivity contribution in [1.29, 1.82) is 0 Å². The second-order valence-electron chi connectivity index (χ2n) is 4.05. The molecule has 1 atom stereocenters. The summed E-state index contributed by atoms with van der Waals surface area (Å²) in [5.41, 5.74) is 0.832. The lowest BCUT2D eigenvalue weighted by Crippen LogP contribution is -2.20. The Morgan fingerprint density at radius 2 is 2.05 bits per heavy atom. The highest BCUT2D eigenvalue weighted by molar-refractivity contribution is 7.53. The fourth-order valence-electron chi connectivity index (χ4n) is 1.73. The third-order valence-corrected chi connectivity index (χ3v) is 3.80. The molecule has 0 N–H and O–H groups in total. The van der Waals surface area contributed by atoms with Crippen LogP contribution in [0.4, 0.5) is 0 Å². The van der Waals surface area contributed by atoms with Gasteiger partial charge >= 0.3 is 13.2 Å². The molecule has 6 nitrogen and oxygen atoms in total. The van der Waals surface area contributed by atoms with E-state index in [4.69, 9.17) is 9.05 Å². The molecule has 2 aromatic rings. The van der Waals surface area contributed by atoms with Gasteiger partial charge in [-0.25, -0.2) is 9.55 Å². The molecule has 0 fully saturated rings. The van der Waals surface area contributed by atoms with Gasteiger partial charge in [0.25, 0.3) is 5.88 Å². The van der Waals surface area contributed by atoms with Crippen molar-refractivity contribution in [2.45, 2.75) is 6.92 Å². The summed E-state index contributed by atoms with van der Waals surface area (Å²) in [7, 11) is -1.70. The SMILES string of the molecule is CCOP(C)(=O)Oc1nc2ccccc2n(C)c1=O. The van der Waals surface area contributed by atoms with Gasteiger partial charge in [0.1, 0.15) is 0 Å². The lowest BCUT2D eigenvalue weighted by molar-refractivity contribution is 0.281. The molecule has 1 heterocycles. The highest BCUT2D eigenvalue weighted by Gasteiger charge is 2.21. The van der Waals surface area contributed by atoms with Crippen molar-refractivity contribution in [3.8, 4) is 5.88 Å². The summed E-state index contributed by atoms with van der Waals surface area (Å²) in [6.07, 6.45) is 0. The molecule has 0 radical (unpaired) electrons. The Hall–Kier alpha value is -1.65. The minimum absolute atomic E-state index is 0.208. The third kappa shape index (κ3) is 2.85. The van der Waals surface area contributed by atoms with E-state index in [1.54, 1.807) is 32.2 Å². The van der Waals surface area contributed by atoms with Crippen molar-refractivity contribution in [2.75, 3.05) is 13.3 Å². The van der Waals surface area contributed by atoms with Gasteiger partial charge in [-0.2, -0.15) is 0 Å². The van der Waals surface area contributed by atoms with Crippen molar-refractivity contribution in [1.82, 2.24) is 9.55 Å². The van der Waals surface area contributed by atoms with Gasteiger partial charge in [-0.15, -0.1) is 0 Å². The van der Waals surface area contributed by atoms with Crippen molar-refractivity contribution in [3.05, 3.63) is 34.6 Å². The molecule has 0 aliphatic rings. The van der Waals surface area contributed by atoms with Crippen LogP contribution >= 0.6 is 7.60 Å². The molecule has 0 spiro atoms. The predicted molar refractivity (Wildman–Crippen MR) is 72.8 cm³/mol. The molecule has 0 aliphatic heterocycles. The number of hydrogen-bond acceptors (Lipinski definition) is 5. The summed E-state index contributed by atoms with van der Waals surface area (Å²) in [5.74, 6) is -0.208. The van der Waals surface area contributed by atoms with Crippen LogP contribution in [0.1, 0.15) is 6.92 Å². The molecule has 1 aromatic carbocycles. The van der Waals surface area contributed by atoms with E-state index < -0.39 is 13.2 Å². The van der Waals surface area contributed by atoms with Crippen LogP contribution in [-0.4, -0.2) is 22.8 Å². The van der Waals surface area contributed by atoms with Gasteiger partial charge in [0.2, 0.25) is 0 Å². The van der Waals surface area contributed by atoms with E-state index >= 15 is 0 Å². The standard InChI is InChI=1S/C12H15N2O4P/c1-4-17-19(3,16)18-11-12(15)14(2)10-8-6-5-7-9(10)13-11/h5-8H,4H2,1-3H3. The highest BCUT2D eigenvalue weighted by Crippen LogP contribution is 2.42. The van der Waals surface area contributed by atoms with Crippen molar-refractivity contribution in [3.63, 3.8) is 0 Å². The van der Waals surface area contributed by atoms with Crippen molar-refractivity contribution < 1.29 is 13.6 Å². The van der Waals surface area contributed by atoms with Gasteiger partial charge in [-0.05, 0) is 19.1 Å². The number of rotatable bonds is 4. The zero-order valence-electron chi connectivity index (χ0n) is 11.0. The van der Waals surface area contributed by atoms with E-state index in [0.29, 0.717) is 11.0 Å². The molecule has 2 rings (SSSR count). The average molecular weight is 282 g/mol. The van der Waals surface area contributed by atoms with Gasteiger partial charge in [0.05, 0.1) is 17.6 Å². The first-order valence-corrected chi connectivity index (χ1v) is 7.81. The van der Waals surface area contributed by atoms with Crippen LogP contribution < -0.4 is 10.1 Å². The quantitative estimate of drug-likeness (QED) is 0.804. The molecule has 1 aromatic heterocycles. The fraction of sp³-hybridized carbons (Fsp3) is 0.333. The minimum atomic E-state index is -3.32. The summed E-state index contributed by atoms with van der Waals surface area (Å²) in [6, 6.07) is 7.15. The summed E-state index contributed by atoms with van der Waals surface area (Å²) in [5, 5.41) is 0. The van der Waals surface area contributed by atoms with E-state index in [2.05, 4.69) is 4.98 Å². The van der Waals surface area contributed by atoms with Crippen LogP contribution in [0.25, 0.3) is 11.0 Å². The van der Waals surface area contributed by atoms with E-state index in [9.17, 15) is 9.36 Å². The number of aryl methyl sites for hydroxylation is 1. The van der Waals surface area contributed by atoms with Gasteiger partial charge in [-0.1, -0.05) is 12.1 Å². The number of para-hydroxylation sites is 2. The van der Waals surface area contributed by atoms with Crippen LogP contribution in [0.5, 0.6) is 5.88 Å². The Morgan fingerprint density at radius 1 is 1.37 bits per heavy atom. The number of hydrogen-bond donors (Lipinski definition) is 0. The van der Waals surface area contributed by atoms with Crippen LogP contribution in [-0.2, 0) is 16.1 Å². The molecule has 0 bridgehead atoms. The maximum absolute atomic E-state index is 12.1. The summed E-state index contributed by atoms with van der Waals surface area (Å²) in [6.45, 7) is 3.25. The minimum Gasteiger partial charge on any atom is -0.400 e. The third-order valence-electron chi connectivity index (χ3n) is 2.57. The monoisotopic (exact) mass is 282 g/mol. The molecule has 102 valence electrons. The summed E-state index contributed by atoms with van der Waals surface area (Å²) < 4.78 is 23.5. The first-order valence-electron chi connectivity index (χ1n) is 5.82. The topological polar surface area (TPSA) is 70.4 Å². The van der Waals surface area contributed by atoms with E-state index in [1.807, 2.05) is 6.07 Å². The first kappa shape index (κ1) is 13.8. The molecule has 7 heteroatoms. The lowest BCUT2D eigenvalue weighted by atomic mass is 10.3. The van der Waals surface area contributed by atoms with Gasteiger partial charge < -0.3 is 13.6 Å². The summed E-state index contributed by atoms with van der Waals surface area (Å²) >= 11 is 0. The Bertz CT molecular complexity index is 710. The van der Waals surface area contributed by atoms with Gasteiger partial charge in [-0.3, -0.25) is 4.79 Å². The molecular weight excluding hydrogens is 267 g/mol. The van der Waals surface area contributed by atoms with E-state index in [1.165, 1.54) is 11.2 Å². The van der Waals surface area contributed by atoms with Crippen molar-refractivity contribution >= 4 is 18.6 Å². The summed E-state index contributed by atoms with van der Waals surface area (Å²) in [4.78, 5) is 16.2. The lowest BCUT2D eigenvalue weighted by Gasteiger charge is -2.14. The Labute approximate surface area is 110 Å². The van der Waals surface area contributed by atoms with Gasteiger partial charge in [0.15, 0.2) is 0 Å². The fourth-order valence-corrected chi connectivity index (χ4v) is 2.68. The number of benzene rings is 1. The zero-order valence-corrected chi connectivity index (χ0v) is 11.9. The zero-order chi connectivity index (χ0) is 14.0. The van der Waals surface area contributed by atoms with Crippen LogP contribution in [0, 0.1) is 0 Å². The van der Waals surface area contributed by atoms with Crippen LogP contribution in [0.2, 0.25) is 0 Å². The number of nitrogens with zero attached hydrogens (tertiary/aromatic N) is 2. The maximum atomic E-state index is 12.1. The molecule has 19 heavy (non-hydrogen) atoms. The molecule has 0 aliphatic carbocycles. The van der Waals surface area contributed by atoms with Crippen LogP contribution in [0.15, 0.2) is 29.1 Å². The Morgan fingerprint density at radius 3 is 2.74 bits per heavy atom. The Balaban J connectivity index is 2.53. The average Bonchev–Trinajstić information content (AvgIpc) is 2.35. The van der Waals surface area contributed by atoms with E-state index in [0.717, 1.165) is 0 Å². The van der Waals surface area contributed by atoms with Gasteiger partial charge in [0, 0.05) is 13.7 Å². The molecular formula is C12H15N2O4P. The molecule has 1 unspecified atom stereocenters. The molecule has 0 saturated carbocycles. The predicted octanol–water partition coefficient (Wildman–Crippen LogP) is 2.17. The second-order valence-corrected chi connectivity index (χ2v) is 6.03. The van der Waals surface area contributed by atoms with Crippen LogP contribution in [0.3, 0.4) is 0 Å². The normalized spacial score (nSPS) is 14.3. The first-order chi connectivity index (χ1) is 8.94. The largest absolute Gasteiger partial charge is 0.400 e. The smallest absolute Gasteiger partial charge is 0.377 e. The van der Waals surface area contributed by atoms with Crippen molar-refractivity contribution in [2.24, 2.45) is 7.05 Å².